The largest absolute Gasteiger partial charge is 0.486 e. The second-order valence-electron chi connectivity index (χ2n) is 3.99. The predicted octanol–water partition coefficient (Wildman–Crippen LogP) is 3.92. The van der Waals surface area contributed by atoms with E-state index in [0.717, 1.165) is 30.3 Å². The van der Waals surface area contributed by atoms with Crippen LogP contribution in [-0.4, -0.2) is 16.9 Å². The number of rotatable bonds is 7. The molecule has 0 spiro atoms. The van der Waals surface area contributed by atoms with Gasteiger partial charge in [0, 0.05) is 11.2 Å². The standard InChI is InChI=1S/C12H15BrFNO3/c1-2-3-9(7-13)8-18-12-5-4-10(14)6-11(12)15(16)17/h4-6,9H,2-3,7-8H2,1H3. The van der Waals surface area contributed by atoms with E-state index >= 15 is 0 Å². The van der Waals surface area contributed by atoms with Crippen molar-refractivity contribution in [3.63, 3.8) is 0 Å². The first-order valence-electron chi connectivity index (χ1n) is 5.71. The van der Waals surface area contributed by atoms with E-state index < -0.39 is 10.7 Å². The second kappa shape index (κ2) is 7.31. The van der Waals surface area contributed by atoms with Gasteiger partial charge in [-0.3, -0.25) is 10.1 Å². The van der Waals surface area contributed by atoms with E-state index in [2.05, 4.69) is 22.9 Å². The van der Waals surface area contributed by atoms with Gasteiger partial charge in [0.05, 0.1) is 17.6 Å². The van der Waals surface area contributed by atoms with Gasteiger partial charge in [-0.1, -0.05) is 29.3 Å². The number of hydrogen-bond acceptors (Lipinski definition) is 3. The first kappa shape index (κ1) is 14.9. The zero-order valence-electron chi connectivity index (χ0n) is 10.1. The van der Waals surface area contributed by atoms with Gasteiger partial charge in [0.1, 0.15) is 5.82 Å². The molecule has 0 saturated carbocycles. The van der Waals surface area contributed by atoms with Crippen LogP contribution in [0.1, 0.15) is 19.8 Å². The average Bonchev–Trinajstić information content (AvgIpc) is 2.35. The summed E-state index contributed by atoms with van der Waals surface area (Å²) < 4.78 is 18.3. The van der Waals surface area contributed by atoms with Crippen molar-refractivity contribution < 1.29 is 14.1 Å². The minimum atomic E-state index is -0.639. The van der Waals surface area contributed by atoms with Gasteiger partial charge in [0.2, 0.25) is 0 Å². The molecule has 18 heavy (non-hydrogen) atoms. The normalized spacial score (nSPS) is 12.2. The van der Waals surface area contributed by atoms with Crippen molar-refractivity contribution in [1.29, 1.82) is 0 Å². The van der Waals surface area contributed by atoms with Gasteiger partial charge in [0.25, 0.3) is 0 Å². The first-order valence-corrected chi connectivity index (χ1v) is 6.83. The Hall–Kier alpha value is -1.17. The highest BCUT2D eigenvalue weighted by atomic mass is 79.9. The molecule has 0 amide bonds. The Morgan fingerprint density at radius 1 is 1.56 bits per heavy atom. The predicted molar refractivity (Wildman–Crippen MR) is 70.7 cm³/mol. The average molecular weight is 320 g/mol. The minimum Gasteiger partial charge on any atom is -0.486 e. The molecule has 0 N–H and O–H groups in total. The molecular formula is C12H15BrFNO3. The summed E-state index contributed by atoms with van der Waals surface area (Å²) in [7, 11) is 0. The van der Waals surface area contributed by atoms with Crippen molar-refractivity contribution in [2.24, 2.45) is 5.92 Å². The number of ether oxygens (including phenoxy) is 1. The molecule has 0 aliphatic heterocycles. The molecule has 0 radical (unpaired) electrons. The zero-order valence-corrected chi connectivity index (χ0v) is 11.7. The van der Waals surface area contributed by atoms with Crippen molar-refractivity contribution in [3.05, 3.63) is 34.1 Å². The highest BCUT2D eigenvalue weighted by Gasteiger charge is 2.17. The topological polar surface area (TPSA) is 52.4 Å². The van der Waals surface area contributed by atoms with Crippen molar-refractivity contribution in [1.82, 2.24) is 0 Å². The third-order valence-electron chi connectivity index (χ3n) is 2.51. The van der Waals surface area contributed by atoms with Crippen molar-refractivity contribution in [2.75, 3.05) is 11.9 Å². The molecule has 1 atom stereocenters. The van der Waals surface area contributed by atoms with Crippen molar-refractivity contribution in [2.45, 2.75) is 19.8 Å². The summed E-state index contributed by atoms with van der Waals surface area (Å²) in [4.78, 5) is 10.1. The van der Waals surface area contributed by atoms with Gasteiger partial charge in [-0.25, -0.2) is 4.39 Å². The van der Waals surface area contributed by atoms with E-state index in [0.29, 0.717) is 12.5 Å². The molecule has 1 rings (SSSR count). The molecule has 1 aromatic rings. The molecular weight excluding hydrogens is 305 g/mol. The van der Waals surface area contributed by atoms with E-state index in [-0.39, 0.29) is 11.4 Å². The molecule has 0 aliphatic carbocycles. The Labute approximate surface area is 113 Å². The highest BCUT2D eigenvalue weighted by Crippen LogP contribution is 2.28. The highest BCUT2D eigenvalue weighted by molar-refractivity contribution is 9.09. The Morgan fingerprint density at radius 2 is 2.28 bits per heavy atom. The van der Waals surface area contributed by atoms with Crippen LogP contribution in [0.3, 0.4) is 0 Å². The lowest BCUT2D eigenvalue weighted by Gasteiger charge is -2.14. The molecule has 0 saturated heterocycles. The summed E-state index contributed by atoms with van der Waals surface area (Å²) in [6, 6.07) is 3.33. The van der Waals surface area contributed by atoms with Crippen LogP contribution in [0.25, 0.3) is 0 Å². The molecule has 0 aromatic heterocycles. The van der Waals surface area contributed by atoms with E-state index in [9.17, 15) is 14.5 Å². The maximum Gasteiger partial charge on any atom is 0.313 e. The van der Waals surface area contributed by atoms with Gasteiger partial charge in [-0.15, -0.1) is 0 Å². The van der Waals surface area contributed by atoms with Crippen LogP contribution in [0.15, 0.2) is 18.2 Å². The fourth-order valence-corrected chi connectivity index (χ4v) is 2.09. The summed E-state index contributed by atoms with van der Waals surface area (Å²) in [5.74, 6) is -0.234. The van der Waals surface area contributed by atoms with E-state index in [4.69, 9.17) is 4.74 Å². The number of nitro groups is 1. The molecule has 100 valence electrons. The van der Waals surface area contributed by atoms with Crippen LogP contribution >= 0.6 is 15.9 Å². The molecule has 0 heterocycles. The number of nitrogens with zero attached hydrogens (tertiary/aromatic N) is 1. The fourth-order valence-electron chi connectivity index (χ4n) is 1.58. The lowest BCUT2D eigenvalue weighted by molar-refractivity contribution is -0.386. The number of hydrogen-bond donors (Lipinski definition) is 0. The molecule has 1 aromatic carbocycles. The van der Waals surface area contributed by atoms with E-state index in [1.54, 1.807) is 0 Å². The molecule has 0 aliphatic rings. The fraction of sp³-hybridized carbons (Fsp3) is 0.500. The maximum absolute atomic E-state index is 12.9. The van der Waals surface area contributed by atoms with Crippen LogP contribution in [0, 0.1) is 21.8 Å². The molecule has 4 nitrogen and oxygen atoms in total. The van der Waals surface area contributed by atoms with Crippen LogP contribution < -0.4 is 4.74 Å². The summed E-state index contributed by atoms with van der Waals surface area (Å²) in [5, 5.41) is 11.5. The van der Waals surface area contributed by atoms with E-state index in [1.165, 1.54) is 6.07 Å². The number of benzene rings is 1. The molecule has 0 fully saturated rings. The van der Waals surface area contributed by atoms with Gasteiger partial charge in [0.15, 0.2) is 5.75 Å². The quantitative estimate of drug-likeness (QED) is 0.435. The summed E-state index contributed by atoms with van der Waals surface area (Å²) in [6.07, 6.45) is 1.99. The SMILES string of the molecule is CCCC(CBr)COc1ccc(F)cc1[N+](=O)[O-]. The zero-order chi connectivity index (χ0) is 13.5. The third kappa shape index (κ3) is 4.25. The van der Waals surface area contributed by atoms with Crippen molar-refractivity contribution in [3.8, 4) is 5.75 Å². The van der Waals surface area contributed by atoms with Crippen LogP contribution in [0.5, 0.6) is 5.75 Å². The monoisotopic (exact) mass is 319 g/mol. The second-order valence-corrected chi connectivity index (χ2v) is 4.64. The Balaban J connectivity index is 2.74. The molecule has 6 heteroatoms. The first-order chi connectivity index (χ1) is 8.58. The van der Waals surface area contributed by atoms with Gasteiger partial charge in [-0.05, 0) is 18.6 Å². The van der Waals surface area contributed by atoms with Gasteiger partial charge < -0.3 is 4.74 Å². The Morgan fingerprint density at radius 3 is 2.83 bits per heavy atom. The van der Waals surface area contributed by atoms with Crippen LogP contribution in [0.4, 0.5) is 10.1 Å². The summed E-state index contributed by atoms with van der Waals surface area (Å²) in [6.45, 7) is 2.45. The summed E-state index contributed by atoms with van der Waals surface area (Å²) >= 11 is 3.38. The number of halogens is 2. The Kier molecular flexibility index (Phi) is 6.04. The van der Waals surface area contributed by atoms with Crippen molar-refractivity contribution >= 4 is 21.6 Å². The molecule has 1 unspecified atom stereocenters. The third-order valence-corrected chi connectivity index (χ3v) is 3.42. The molecule has 0 bridgehead atoms. The Bertz CT molecular complexity index is 414. The minimum absolute atomic E-state index is 0.114. The number of alkyl halides is 1. The van der Waals surface area contributed by atoms with Gasteiger partial charge >= 0.3 is 5.69 Å². The van der Waals surface area contributed by atoms with Gasteiger partial charge in [-0.2, -0.15) is 0 Å². The van der Waals surface area contributed by atoms with Crippen LogP contribution in [0.2, 0.25) is 0 Å². The van der Waals surface area contributed by atoms with Crippen LogP contribution in [-0.2, 0) is 0 Å². The lowest BCUT2D eigenvalue weighted by atomic mass is 10.1. The van der Waals surface area contributed by atoms with E-state index in [1.807, 2.05) is 0 Å². The maximum atomic E-state index is 12.9. The summed E-state index contributed by atoms with van der Waals surface area (Å²) in [5.41, 5.74) is -0.333. The lowest BCUT2D eigenvalue weighted by Crippen LogP contribution is -2.14. The number of nitro benzene ring substituents is 1. The smallest absolute Gasteiger partial charge is 0.313 e.